The molecule has 1 aliphatic heterocycles. The molecule has 1 aliphatic rings. The van der Waals surface area contributed by atoms with Crippen molar-refractivity contribution in [1.29, 1.82) is 0 Å². The van der Waals surface area contributed by atoms with E-state index in [0.717, 1.165) is 35.9 Å². The summed E-state index contributed by atoms with van der Waals surface area (Å²) < 4.78 is 7.50. The molecule has 0 radical (unpaired) electrons. The molecule has 8 heteroatoms. The molecule has 1 aromatic carbocycles. The van der Waals surface area contributed by atoms with E-state index in [0.29, 0.717) is 18.7 Å². The van der Waals surface area contributed by atoms with Gasteiger partial charge in [-0.2, -0.15) is 4.52 Å². The van der Waals surface area contributed by atoms with Crippen LogP contribution in [0.25, 0.3) is 16.6 Å². The second kappa shape index (κ2) is 7.11. The lowest BCUT2D eigenvalue weighted by atomic mass is 10.1. The number of aryl methyl sites for hydroxylation is 1. The molecule has 1 fully saturated rings. The SMILES string of the molecule is Cc1ccc2c(c1)cc(CN(CC1CCCO1)C(=O)N(C)C)c1nnnn12. The van der Waals surface area contributed by atoms with Crippen molar-refractivity contribution in [3.63, 3.8) is 0 Å². The average Bonchev–Trinajstić information content (AvgIpc) is 3.32. The molecule has 3 aromatic rings. The number of fused-ring (bicyclic) bond motifs is 3. The monoisotopic (exact) mass is 368 g/mol. The third kappa shape index (κ3) is 3.44. The molecule has 0 N–H and O–H groups in total. The zero-order chi connectivity index (χ0) is 19.0. The second-order valence-electron chi connectivity index (χ2n) is 7.34. The predicted octanol–water partition coefficient (Wildman–Crippen LogP) is 2.25. The molecule has 27 heavy (non-hydrogen) atoms. The summed E-state index contributed by atoms with van der Waals surface area (Å²) in [5, 5.41) is 13.2. The van der Waals surface area contributed by atoms with Crippen molar-refractivity contribution in [3.8, 4) is 0 Å². The van der Waals surface area contributed by atoms with Crippen molar-refractivity contribution in [2.45, 2.75) is 32.4 Å². The Morgan fingerprint density at radius 2 is 2.19 bits per heavy atom. The number of ether oxygens (including phenoxy) is 1. The summed E-state index contributed by atoms with van der Waals surface area (Å²) in [6, 6.07) is 8.22. The van der Waals surface area contributed by atoms with Gasteiger partial charge in [-0.05, 0) is 48.4 Å². The highest BCUT2D eigenvalue weighted by Crippen LogP contribution is 2.23. The van der Waals surface area contributed by atoms with E-state index in [9.17, 15) is 4.79 Å². The molecular weight excluding hydrogens is 344 g/mol. The molecule has 3 heterocycles. The van der Waals surface area contributed by atoms with E-state index in [4.69, 9.17) is 4.74 Å². The van der Waals surface area contributed by atoms with Crippen LogP contribution >= 0.6 is 0 Å². The van der Waals surface area contributed by atoms with Crippen LogP contribution in [0, 0.1) is 6.92 Å². The van der Waals surface area contributed by atoms with E-state index in [1.165, 1.54) is 5.56 Å². The van der Waals surface area contributed by atoms with Gasteiger partial charge in [0.2, 0.25) is 0 Å². The number of carbonyl (C=O) groups is 1. The number of hydrogen-bond acceptors (Lipinski definition) is 5. The third-order valence-electron chi connectivity index (χ3n) is 4.96. The van der Waals surface area contributed by atoms with Gasteiger partial charge in [0.1, 0.15) is 0 Å². The summed E-state index contributed by atoms with van der Waals surface area (Å²) in [5.74, 6) is 0. The van der Waals surface area contributed by atoms with E-state index < -0.39 is 0 Å². The summed E-state index contributed by atoms with van der Waals surface area (Å²) in [7, 11) is 3.53. The lowest BCUT2D eigenvalue weighted by Gasteiger charge is -2.28. The number of pyridine rings is 1. The second-order valence-corrected chi connectivity index (χ2v) is 7.34. The molecule has 0 aliphatic carbocycles. The summed E-state index contributed by atoms with van der Waals surface area (Å²) in [5.41, 5.74) is 3.72. The van der Waals surface area contributed by atoms with Gasteiger partial charge < -0.3 is 14.5 Å². The maximum Gasteiger partial charge on any atom is 0.319 e. The maximum absolute atomic E-state index is 12.8. The minimum atomic E-state index is -0.0412. The van der Waals surface area contributed by atoms with Crippen molar-refractivity contribution in [3.05, 3.63) is 35.4 Å². The van der Waals surface area contributed by atoms with Crippen LogP contribution < -0.4 is 0 Å². The zero-order valence-corrected chi connectivity index (χ0v) is 15.9. The first-order chi connectivity index (χ1) is 13.0. The molecule has 0 spiro atoms. The van der Waals surface area contributed by atoms with Crippen LogP contribution in [0.4, 0.5) is 4.79 Å². The summed E-state index contributed by atoms with van der Waals surface area (Å²) in [6.45, 7) is 3.83. The molecule has 142 valence electrons. The number of nitrogens with zero attached hydrogens (tertiary/aromatic N) is 6. The average molecular weight is 368 g/mol. The molecule has 0 saturated carbocycles. The Morgan fingerprint density at radius 1 is 1.33 bits per heavy atom. The minimum Gasteiger partial charge on any atom is -0.376 e. The molecule has 2 aromatic heterocycles. The van der Waals surface area contributed by atoms with Gasteiger partial charge in [-0.25, -0.2) is 4.79 Å². The van der Waals surface area contributed by atoms with E-state index in [1.807, 2.05) is 17.0 Å². The van der Waals surface area contributed by atoms with E-state index in [2.05, 4.69) is 34.6 Å². The van der Waals surface area contributed by atoms with Crippen LogP contribution in [0.1, 0.15) is 24.0 Å². The maximum atomic E-state index is 12.8. The van der Waals surface area contributed by atoms with Crippen LogP contribution in [-0.4, -0.2) is 69.2 Å². The van der Waals surface area contributed by atoms with Gasteiger partial charge in [0.05, 0.1) is 18.2 Å². The molecule has 1 atom stereocenters. The third-order valence-corrected chi connectivity index (χ3v) is 4.96. The lowest BCUT2D eigenvalue weighted by Crippen LogP contribution is -2.42. The largest absolute Gasteiger partial charge is 0.376 e. The number of carbonyl (C=O) groups excluding carboxylic acids is 1. The number of aromatic nitrogens is 4. The fraction of sp³-hybridized carbons (Fsp3) is 0.474. The normalized spacial score (nSPS) is 16.9. The van der Waals surface area contributed by atoms with Gasteiger partial charge >= 0.3 is 6.03 Å². The zero-order valence-electron chi connectivity index (χ0n) is 15.9. The van der Waals surface area contributed by atoms with Crippen molar-refractivity contribution < 1.29 is 9.53 Å². The molecule has 1 saturated heterocycles. The van der Waals surface area contributed by atoms with Crippen LogP contribution in [0.2, 0.25) is 0 Å². The molecule has 8 nitrogen and oxygen atoms in total. The highest BCUT2D eigenvalue weighted by Gasteiger charge is 2.25. The van der Waals surface area contributed by atoms with E-state index in [-0.39, 0.29) is 12.1 Å². The smallest absolute Gasteiger partial charge is 0.319 e. The Morgan fingerprint density at radius 3 is 2.93 bits per heavy atom. The minimum absolute atomic E-state index is 0.0412. The van der Waals surface area contributed by atoms with Crippen molar-refractivity contribution in [2.24, 2.45) is 0 Å². The van der Waals surface area contributed by atoms with Crippen molar-refractivity contribution in [1.82, 2.24) is 29.8 Å². The summed E-state index contributed by atoms with van der Waals surface area (Å²) in [4.78, 5) is 16.2. The van der Waals surface area contributed by atoms with Gasteiger partial charge in [-0.15, -0.1) is 5.10 Å². The quantitative estimate of drug-likeness (QED) is 0.706. The Hall–Kier alpha value is -2.74. The van der Waals surface area contributed by atoms with Crippen molar-refractivity contribution >= 4 is 22.6 Å². The molecule has 1 unspecified atom stereocenters. The Bertz CT molecular complexity index is 977. The van der Waals surface area contributed by atoms with Crippen LogP contribution in [0.15, 0.2) is 24.3 Å². The fourth-order valence-electron chi connectivity index (χ4n) is 3.63. The highest BCUT2D eigenvalue weighted by molar-refractivity contribution is 5.84. The van der Waals surface area contributed by atoms with E-state index in [1.54, 1.807) is 23.5 Å². The van der Waals surface area contributed by atoms with Crippen LogP contribution in [-0.2, 0) is 11.3 Å². The topological polar surface area (TPSA) is 75.9 Å². The number of tetrazole rings is 1. The Balaban J connectivity index is 1.73. The van der Waals surface area contributed by atoms with Crippen molar-refractivity contribution in [2.75, 3.05) is 27.2 Å². The van der Waals surface area contributed by atoms with Crippen LogP contribution in [0.5, 0.6) is 0 Å². The first-order valence-corrected chi connectivity index (χ1v) is 9.21. The lowest BCUT2D eigenvalue weighted by molar-refractivity contribution is 0.0743. The van der Waals surface area contributed by atoms with Gasteiger partial charge in [0.15, 0.2) is 5.65 Å². The van der Waals surface area contributed by atoms with E-state index >= 15 is 0 Å². The van der Waals surface area contributed by atoms with Crippen LogP contribution in [0.3, 0.4) is 0 Å². The predicted molar refractivity (Wildman–Crippen MR) is 101 cm³/mol. The highest BCUT2D eigenvalue weighted by atomic mass is 16.5. The fourth-order valence-corrected chi connectivity index (χ4v) is 3.63. The Labute approximate surface area is 157 Å². The summed E-state index contributed by atoms with van der Waals surface area (Å²) in [6.07, 6.45) is 2.11. The molecular formula is C19H24N6O2. The Kier molecular flexibility index (Phi) is 4.65. The summed E-state index contributed by atoms with van der Waals surface area (Å²) >= 11 is 0. The number of urea groups is 1. The number of rotatable bonds is 4. The molecule has 2 amide bonds. The number of amides is 2. The standard InChI is InChI=1S/C19H24N6O2/c1-13-6-7-17-14(9-13)10-15(18-20-21-22-25(17)18)11-24(19(26)23(2)3)12-16-5-4-8-27-16/h6-7,9-10,16H,4-5,8,11-12H2,1-3H3. The van der Waals surface area contributed by atoms with Gasteiger partial charge in [-0.3, -0.25) is 0 Å². The first-order valence-electron chi connectivity index (χ1n) is 9.21. The van der Waals surface area contributed by atoms with Gasteiger partial charge in [0, 0.05) is 38.2 Å². The number of benzene rings is 1. The number of hydrogen-bond donors (Lipinski definition) is 0. The van der Waals surface area contributed by atoms with Gasteiger partial charge in [-0.1, -0.05) is 11.6 Å². The van der Waals surface area contributed by atoms with Gasteiger partial charge in [0.25, 0.3) is 0 Å². The first kappa shape index (κ1) is 17.7. The molecule has 4 rings (SSSR count). The molecule has 0 bridgehead atoms.